The Hall–Kier alpha value is -2.87. The van der Waals surface area contributed by atoms with Gasteiger partial charge in [0.15, 0.2) is 0 Å². The van der Waals surface area contributed by atoms with E-state index in [4.69, 9.17) is 16.1 Å². The van der Waals surface area contributed by atoms with Crippen molar-refractivity contribution in [2.24, 2.45) is 5.92 Å². The molecule has 9 heteroatoms. The third kappa shape index (κ3) is 5.10. The predicted molar refractivity (Wildman–Crippen MR) is 104 cm³/mol. The topological polar surface area (TPSA) is 122 Å². The van der Waals surface area contributed by atoms with Crippen LogP contribution in [0.5, 0.6) is 0 Å². The molecule has 2 rings (SSSR count). The molecular formula is C19H22ClN3O5. The van der Waals surface area contributed by atoms with Crippen LogP contribution in [0.25, 0.3) is 0 Å². The van der Waals surface area contributed by atoms with Crippen LogP contribution in [-0.4, -0.2) is 34.1 Å². The molecule has 1 heterocycles. The zero-order valence-electron chi connectivity index (χ0n) is 16.0. The number of anilines is 1. The van der Waals surface area contributed by atoms with Gasteiger partial charge in [0.2, 0.25) is 0 Å². The lowest BCUT2D eigenvalue weighted by molar-refractivity contribution is -0.139. The van der Waals surface area contributed by atoms with Crippen LogP contribution >= 0.6 is 11.6 Å². The summed E-state index contributed by atoms with van der Waals surface area (Å²) in [7, 11) is 0. The van der Waals surface area contributed by atoms with Gasteiger partial charge < -0.3 is 20.3 Å². The van der Waals surface area contributed by atoms with Gasteiger partial charge in [-0.3, -0.25) is 9.59 Å². The second kappa shape index (κ2) is 8.88. The molecule has 0 spiro atoms. The Bertz CT molecular complexity index is 887. The highest BCUT2D eigenvalue weighted by molar-refractivity contribution is 6.34. The summed E-state index contributed by atoms with van der Waals surface area (Å²) in [4.78, 5) is 36.1. The maximum atomic E-state index is 12.4. The van der Waals surface area contributed by atoms with Crippen LogP contribution < -0.4 is 10.6 Å². The molecule has 3 N–H and O–H groups in total. The molecule has 1 atom stereocenters. The first-order chi connectivity index (χ1) is 13.1. The molecule has 1 unspecified atom stereocenters. The van der Waals surface area contributed by atoms with Crippen LogP contribution in [0.15, 0.2) is 22.7 Å². The highest BCUT2D eigenvalue weighted by atomic mass is 35.5. The molecule has 0 aliphatic rings. The van der Waals surface area contributed by atoms with E-state index in [0.717, 1.165) is 0 Å². The summed E-state index contributed by atoms with van der Waals surface area (Å²) in [5.74, 6) is -1.63. The van der Waals surface area contributed by atoms with Crippen molar-refractivity contribution in [3.8, 4) is 0 Å². The molecule has 0 fully saturated rings. The van der Waals surface area contributed by atoms with Crippen molar-refractivity contribution in [2.45, 2.75) is 40.2 Å². The van der Waals surface area contributed by atoms with Crippen LogP contribution in [0.1, 0.15) is 52.4 Å². The number of carbonyl (C=O) groups excluding carboxylic acids is 2. The molecular weight excluding hydrogens is 386 g/mol. The smallest absolute Gasteiger partial charge is 0.326 e. The molecule has 0 bridgehead atoms. The second-order valence-corrected chi connectivity index (χ2v) is 7.25. The summed E-state index contributed by atoms with van der Waals surface area (Å²) < 4.78 is 4.97. The van der Waals surface area contributed by atoms with Crippen molar-refractivity contribution in [1.29, 1.82) is 0 Å². The number of aliphatic carboxylic acids is 1. The Labute approximate surface area is 167 Å². The fourth-order valence-corrected chi connectivity index (χ4v) is 2.97. The van der Waals surface area contributed by atoms with Gasteiger partial charge in [-0.1, -0.05) is 30.6 Å². The summed E-state index contributed by atoms with van der Waals surface area (Å²) >= 11 is 6.17. The molecule has 1 aromatic heterocycles. The quantitative estimate of drug-likeness (QED) is 0.646. The Kier molecular flexibility index (Phi) is 6.80. The maximum Gasteiger partial charge on any atom is 0.326 e. The highest BCUT2D eigenvalue weighted by Crippen LogP contribution is 2.23. The van der Waals surface area contributed by atoms with Crippen LogP contribution in [0.3, 0.4) is 0 Å². The Morgan fingerprint density at radius 1 is 1.21 bits per heavy atom. The monoisotopic (exact) mass is 407 g/mol. The van der Waals surface area contributed by atoms with E-state index in [1.165, 1.54) is 18.2 Å². The van der Waals surface area contributed by atoms with E-state index in [2.05, 4.69) is 15.8 Å². The fourth-order valence-electron chi connectivity index (χ4n) is 2.71. The first-order valence-corrected chi connectivity index (χ1v) is 9.05. The fraction of sp³-hybridized carbons (Fsp3) is 0.368. The van der Waals surface area contributed by atoms with E-state index in [-0.39, 0.29) is 16.5 Å². The molecule has 0 saturated carbocycles. The highest BCUT2D eigenvalue weighted by Gasteiger charge is 2.23. The zero-order chi connectivity index (χ0) is 21.0. The van der Waals surface area contributed by atoms with Crippen molar-refractivity contribution in [2.75, 3.05) is 5.32 Å². The summed E-state index contributed by atoms with van der Waals surface area (Å²) in [6.07, 6.45) is 0.296. The maximum absolute atomic E-state index is 12.4. The lowest BCUT2D eigenvalue weighted by Crippen LogP contribution is -2.41. The van der Waals surface area contributed by atoms with Gasteiger partial charge in [-0.25, -0.2) is 4.79 Å². The molecule has 2 aromatic rings. The standard InChI is InChI=1S/C19H22ClN3O5/c1-9(2)7-15(19(26)27)22-17(24)13-6-5-12(8-14(13)20)21-18(25)16-10(3)23-28-11(16)4/h5-6,8-9,15H,7H2,1-4H3,(H,21,25)(H,22,24)(H,26,27). The van der Waals surface area contributed by atoms with E-state index >= 15 is 0 Å². The van der Waals surface area contributed by atoms with E-state index in [1.54, 1.807) is 13.8 Å². The number of nitrogens with zero attached hydrogens (tertiary/aromatic N) is 1. The minimum atomic E-state index is -1.11. The number of nitrogens with one attached hydrogen (secondary N) is 2. The van der Waals surface area contributed by atoms with Crippen LogP contribution in [0, 0.1) is 19.8 Å². The minimum Gasteiger partial charge on any atom is -0.480 e. The Balaban J connectivity index is 2.14. The Morgan fingerprint density at radius 3 is 2.39 bits per heavy atom. The number of aromatic nitrogens is 1. The van der Waals surface area contributed by atoms with Crippen LogP contribution in [0.2, 0.25) is 5.02 Å². The van der Waals surface area contributed by atoms with Gasteiger partial charge >= 0.3 is 5.97 Å². The number of carboxylic acid groups (broad SMARTS) is 1. The predicted octanol–water partition coefficient (Wildman–Crippen LogP) is 3.43. The van der Waals surface area contributed by atoms with E-state index in [9.17, 15) is 19.5 Å². The average molecular weight is 408 g/mol. The van der Waals surface area contributed by atoms with Gasteiger partial charge in [-0.2, -0.15) is 0 Å². The summed E-state index contributed by atoms with van der Waals surface area (Å²) in [6, 6.07) is 3.34. The lowest BCUT2D eigenvalue weighted by Gasteiger charge is -2.17. The average Bonchev–Trinajstić information content (AvgIpc) is 2.92. The van der Waals surface area contributed by atoms with Gasteiger partial charge in [0.25, 0.3) is 11.8 Å². The van der Waals surface area contributed by atoms with Gasteiger partial charge in [-0.15, -0.1) is 0 Å². The molecule has 0 aliphatic heterocycles. The van der Waals surface area contributed by atoms with Crippen molar-refractivity contribution in [3.05, 3.63) is 45.8 Å². The molecule has 0 aliphatic carbocycles. The number of benzene rings is 1. The van der Waals surface area contributed by atoms with E-state index in [0.29, 0.717) is 29.1 Å². The first-order valence-electron chi connectivity index (χ1n) is 8.67. The third-order valence-electron chi connectivity index (χ3n) is 4.04. The van der Waals surface area contributed by atoms with Crippen molar-refractivity contribution in [3.63, 3.8) is 0 Å². The van der Waals surface area contributed by atoms with Gasteiger partial charge in [-0.05, 0) is 44.4 Å². The van der Waals surface area contributed by atoms with Crippen molar-refractivity contribution in [1.82, 2.24) is 10.5 Å². The molecule has 0 radical (unpaired) electrons. The third-order valence-corrected chi connectivity index (χ3v) is 4.36. The molecule has 0 saturated heterocycles. The first kappa shape index (κ1) is 21.4. The summed E-state index contributed by atoms with van der Waals surface area (Å²) in [5, 5.41) is 18.2. The number of carboxylic acids is 1. The van der Waals surface area contributed by atoms with E-state index in [1.807, 2.05) is 13.8 Å². The summed E-state index contributed by atoms with van der Waals surface area (Å²) in [6.45, 7) is 7.02. The number of hydrogen-bond donors (Lipinski definition) is 3. The molecule has 1 aromatic carbocycles. The van der Waals surface area contributed by atoms with Crippen LogP contribution in [-0.2, 0) is 4.79 Å². The van der Waals surface area contributed by atoms with Crippen molar-refractivity contribution < 1.29 is 24.0 Å². The lowest BCUT2D eigenvalue weighted by atomic mass is 10.0. The van der Waals surface area contributed by atoms with E-state index < -0.39 is 23.8 Å². The molecule has 150 valence electrons. The number of halogens is 1. The van der Waals surface area contributed by atoms with Gasteiger partial charge in [0.1, 0.15) is 17.4 Å². The molecule has 8 nitrogen and oxygen atoms in total. The zero-order valence-corrected chi connectivity index (χ0v) is 16.8. The molecule has 2 amide bonds. The number of carbonyl (C=O) groups is 3. The number of amides is 2. The number of rotatable bonds is 7. The second-order valence-electron chi connectivity index (χ2n) is 6.84. The van der Waals surface area contributed by atoms with Crippen LogP contribution in [0.4, 0.5) is 5.69 Å². The largest absolute Gasteiger partial charge is 0.480 e. The summed E-state index contributed by atoms with van der Waals surface area (Å²) in [5.41, 5.74) is 1.29. The molecule has 28 heavy (non-hydrogen) atoms. The SMILES string of the molecule is Cc1noc(C)c1C(=O)Nc1ccc(C(=O)NC(CC(C)C)C(=O)O)c(Cl)c1. The normalized spacial score (nSPS) is 11.9. The van der Waals surface area contributed by atoms with Gasteiger partial charge in [0.05, 0.1) is 16.3 Å². The number of hydrogen-bond acceptors (Lipinski definition) is 5. The number of aryl methyl sites for hydroxylation is 2. The van der Waals surface area contributed by atoms with Gasteiger partial charge in [0, 0.05) is 5.69 Å². The minimum absolute atomic E-state index is 0.0859. The Morgan fingerprint density at radius 2 is 1.89 bits per heavy atom. The van der Waals surface area contributed by atoms with Crippen molar-refractivity contribution >= 4 is 35.1 Å².